The monoisotopic (exact) mass is 228 g/mol. The molecular weight excluding hydrogens is 208 g/mol. The van der Waals surface area contributed by atoms with E-state index < -0.39 is 0 Å². The number of benzene rings is 1. The Morgan fingerprint density at radius 3 is 2.71 bits per heavy atom. The number of fused-ring (bicyclic) bond motifs is 1. The molecule has 0 saturated carbocycles. The van der Waals surface area contributed by atoms with Crippen LogP contribution in [0.3, 0.4) is 0 Å². The third kappa shape index (κ3) is 2.57. The van der Waals surface area contributed by atoms with E-state index in [1.54, 1.807) is 0 Å². The van der Waals surface area contributed by atoms with Crippen molar-refractivity contribution in [3.05, 3.63) is 35.4 Å². The molecule has 0 amide bonds. The number of hydrogen-bond acceptors (Lipinski definition) is 2. The second kappa shape index (κ2) is 5.17. The maximum absolute atomic E-state index is 4.68. The summed E-state index contributed by atoms with van der Waals surface area (Å²) in [6, 6.07) is 8.73. The van der Waals surface area contributed by atoms with Gasteiger partial charge >= 0.3 is 0 Å². The quantitative estimate of drug-likeness (QED) is 0.857. The van der Waals surface area contributed by atoms with Crippen molar-refractivity contribution in [3.8, 4) is 0 Å². The van der Waals surface area contributed by atoms with Gasteiger partial charge in [0.25, 0.3) is 0 Å². The topological polar surface area (TPSA) is 24.9 Å². The Kier molecular flexibility index (Phi) is 3.62. The minimum atomic E-state index is 0.979. The largest absolute Gasteiger partial charge is 0.370 e. The van der Waals surface area contributed by atoms with Crippen LogP contribution < -0.4 is 5.32 Å². The Morgan fingerprint density at radius 1 is 1.18 bits per heavy atom. The van der Waals surface area contributed by atoms with Crippen molar-refractivity contribution in [2.24, 2.45) is 0 Å². The first-order valence-corrected chi connectivity index (χ1v) is 6.38. The third-order valence-corrected chi connectivity index (χ3v) is 3.02. The smallest absolute Gasteiger partial charge is 0.129 e. The molecule has 0 aliphatic carbocycles. The highest BCUT2D eigenvalue weighted by Crippen LogP contribution is 2.21. The lowest BCUT2D eigenvalue weighted by atomic mass is 10.1. The van der Waals surface area contributed by atoms with E-state index in [9.17, 15) is 0 Å². The molecule has 0 spiro atoms. The van der Waals surface area contributed by atoms with Crippen LogP contribution in [-0.4, -0.2) is 11.5 Å². The fraction of sp³-hybridized carbons (Fsp3) is 0.400. The second-order valence-electron chi connectivity index (χ2n) is 4.46. The predicted octanol–water partition coefficient (Wildman–Crippen LogP) is 3.93. The molecular formula is C15H20N2. The summed E-state index contributed by atoms with van der Waals surface area (Å²) < 4.78 is 0. The summed E-state index contributed by atoms with van der Waals surface area (Å²) in [6.07, 6.45) is 2.19. The van der Waals surface area contributed by atoms with Crippen LogP contribution >= 0.6 is 0 Å². The first kappa shape index (κ1) is 11.9. The second-order valence-corrected chi connectivity index (χ2v) is 4.46. The number of rotatable bonds is 4. The third-order valence-electron chi connectivity index (χ3n) is 3.02. The van der Waals surface area contributed by atoms with Crippen LogP contribution in [0, 0.1) is 6.92 Å². The van der Waals surface area contributed by atoms with E-state index in [4.69, 9.17) is 0 Å². The van der Waals surface area contributed by atoms with Crippen molar-refractivity contribution in [3.63, 3.8) is 0 Å². The predicted molar refractivity (Wildman–Crippen MR) is 74.6 cm³/mol. The molecule has 2 rings (SSSR count). The minimum absolute atomic E-state index is 0.979. The average molecular weight is 228 g/mol. The minimum Gasteiger partial charge on any atom is -0.370 e. The first-order chi connectivity index (χ1) is 8.24. The van der Waals surface area contributed by atoms with Crippen LogP contribution in [-0.2, 0) is 6.42 Å². The van der Waals surface area contributed by atoms with E-state index in [1.807, 2.05) is 0 Å². The van der Waals surface area contributed by atoms with Crippen molar-refractivity contribution >= 4 is 16.7 Å². The van der Waals surface area contributed by atoms with Crippen molar-refractivity contribution in [2.75, 3.05) is 11.9 Å². The van der Waals surface area contributed by atoms with Gasteiger partial charge in [-0.25, -0.2) is 4.98 Å². The summed E-state index contributed by atoms with van der Waals surface area (Å²) in [5.41, 5.74) is 3.67. The SMILES string of the molecule is CCCNc1nc2ccc(CC)cc2cc1C. The van der Waals surface area contributed by atoms with E-state index in [2.05, 4.69) is 55.3 Å². The summed E-state index contributed by atoms with van der Waals surface area (Å²) in [5, 5.41) is 4.61. The Bertz CT molecular complexity index is 518. The van der Waals surface area contributed by atoms with Gasteiger partial charge in [0.1, 0.15) is 5.82 Å². The molecule has 1 aromatic carbocycles. The van der Waals surface area contributed by atoms with Gasteiger partial charge in [0.15, 0.2) is 0 Å². The molecule has 1 heterocycles. The van der Waals surface area contributed by atoms with E-state index in [0.717, 1.165) is 30.7 Å². The van der Waals surface area contributed by atoms with Crippen LogP contribution in [0.2, 0.25) is 0 Å². The number of anilines is 1. The highest BCUT2D eigenvalue weighted by Gasteiger charge is 2.03. The number of aromatic nitrogens is 1. The van der Waals surface area contributed by atoms with Gasteiger partial charge in [0.2, 0.25) is 0 Å². The van der Waals surface area contributed by atoms with E-state index in [-0.39, 0.29) is 0 Å². The molecule has 0 aliphatic heterocycles. The molecule has 90 valence electrons. The molecule has 0 unspecified atom stereocenters. The Hall–Kier alpha value is -1.57. The Morgan fingerprint density at radius 2 is 2.00 bits per heavy atom. The molecule has 2 nitrogen and oxygen atoms in total. The normalized spacial score (nSPS) is 10.8. The average Bonchev–Trinajstić information content (AvgIpc) is 2.35. The summed E-state index contributed by atoms with van der Waals surface area (Å²) in [7, 11) is 0. The van der Waals surface area contributed by atoms with Gasteiger partial charge in [0.05, 0.1) is 5.52 Å². The van der Waals surface area contributed by atoms with Gasteiger partial charge in [-0.05, 0) is 49.1 Å². The fourth-order valence-electron chi connectivity index (χ4n) is 1.97. The van der Waals surface area contributed by atoms with E-state index >= 15 is 0 Å². The molecule has 0 fully saturated rings. The number of pyridine rings is 1. The zero-order valence-electron chi connectivity index (χ0n) is 10.9. The van der Waals surface area contributed by atoms with Crippen LogP contribution in [0.15, 0.2) is 24.3 Å². The lowest BCUT2D eigenvalue weighted by Crippen LogP contribution is -2.03. The molecule has 0 atom stereocenters. The fourth-order valence-corrected chi connectivity index (χ4v) is 1.97. The maximum atomic E-state index is 4.68. The number of nitrogens with zero attached hydrogens (tertiary/aromatic N) is 1. The molecule has 0 aliphatic rings. The zero-order valence-corrected chi connectivity index (χ0v) is 10.9. The first-order valence-electron chi connectivity index (χ1n) is 6.38. The van der Waals surface area contributed by atoms with Crippen LogP contribution in [0.1, 0.15) is 31.4 Å². The van der Waals surface area contributed by atoms with Gasteiger partial charge in [-0.1, -0.05) is 19.9 Å². The molecule has 1 aromatic heterocycles. The van der Waals surface area contributed by atoms with Crippen LogP contribution in [0.25, 0.3) is 10.9 Å². The van der Waals surface area contributed by atoms with Crippen molar-refractivity contribution in [1.82, 2.24) is 4.98 Å². The summed E-state index contributed by atoms with van der Waals surface area (Å²) in [4.78, 5) is 4.68. The van der Waals surface area contributed by atoms with Crippen molar-refractivity contribution < 1.29 is 0 Å². The number of aryl methyl sites for hydroxylation is 2. The van der Waals surface area contributed by atoms with Crippen molar-refractivity contribution in [2.45, 2.75) is 33.6 Å². The molecule has 2 aromatic rings. The van der Waals surface area contributed by atoms with Gasteiger partial charge in [0, 0.05) is 11.9 Å². The molecule has 2 heteroatoms. The van der Waals surface area contributed by atoms with E-state index in [1.165, 1.54) is 16.5 Å². The molecule has 1 N–H and O–H groups in total. The van der Waals surface area contributed by atoms with Gasteiger partial charge < -0.3 is 5.32 Å². The highest BCUT2D eigenvalue weighted by molar-refractivity contribution is 5.82. The van der Waals surface area contributed by atoms with Gasteiger partial charge in [-0.2, -0.15) is 0 Å². The molecule has 0 radical (unpaired) electrons. The highest BCUT2D eigenvalue weighted by atomic mass is 15.0. The molecule has 0 saturated heterocycles. The summed E-state index contributed by atoms with van der Waals surface area (Å²) >= 11 is 0. The Labute approximate surface area is 103 Å². The Balaban J connectivity index is 2.43. The molecule has 17 heavy (non-hydrogen) atoms. The van der Waals surface area contributed by atoms with Gasteiger partial charge in [-0.3, -0.25) is 0 Å². The van der Waals surface area contributed by atoms with Crippen molar-refractivity contribution in [1.29, 1.82) is 0 Å². The number of hydrogen-bond donors (Lipinski definition) is 1. The molecule has 0 bridgehead atoms. The lowest BCUT2D eigenvalue weighted by Gasteiger charge is -2.09. The summed E-state index contributed by atoms with van der Waals surface area (Å²) in [5.74, 6) is 1.02. The zero-order chi connectivity index (χ0) is 12.3. The lowest BCUT2D eigenvalue weighted by molar-refractivity contribution is 0.968. The van der Waals surface area contributed by atoms with Gasteiger partial charge in [-0.15, -0.1) is 0 Å². The maximum Gasteiger partial charge on any atom is 0.129 e. The van der Waals surface area contributed by atoms with E-state index in [0.29, 0.717) is 0 Å². The summed E-state index contributed by atoms with van der Waals surface area (Å²) in [6.45, 7) is 7.44. The van der Waals surface area contributed by atoms with Crippen LogP contribution in [0.5, 0.6) is 0 Å². The number of nitrogens with one attached hydrogen (secondary N) is 1. The standard InChI is InChI=1S/C15H20N2/c1-4-8-16-15-11(3)9-13-10-12(5-2)6-7-14(13)17-15/h6-7,9-10H,4-5,8H2,1-3H3,(H,16,17). The van der Waals surface area contributed by atoms with Crippen LogP contribution in [0.4, 0.5) is 5.82 Å².